The van der Waals surface area contributed by atoms with Crippen LogP contribution in [-0.2, 0) is 4.79 Å². The maximum absolute atomic E-state index is 12.0. The van der Waals surface area contributed by atoms with Crippen LogP contribution in [0.1, 0.15) is 0 Å². The van der Waals surface area contributed by atoms with Crippen molar-refractivity contribution in [3.63, 3.8) is 0 Å². The van der Waals surface area contributed by atoms with Gasteiger partial charge in [0.15, 0.2) is 10.3 Å². The number of anilines is 1. The highest BCUT2D eigenvalue weighted by molar-refractivity contribution is 7.99. The van der Waals surface area contributed by atoms with Crippen molar-refractivity contribution >= 4 is 34.1 Å². The Morgan fingerprint density at radius 3 is 2.84 bits per heavy atom. The monoisotopic (exact) mass is 374 g/mol. The molecule has 3 aromatic rings. The second kappa shape index (κ2) is 7.95. The molecule has 0 fully saturated rings. The van der Waals surface area contributed by atoms with E-state index in [1.807, 2.05) is 29.6 Å². The number of aromatic amines is 1. The van der Waals surface area contributed by atoms with Gasteiger partial charge in [0, 0.05) is 23.2 Å². The maximum Gasteiger partial charge on any atom is 0.251 e. The van der Waals surface area contributed by atoms with Gasteiger partial charge in [-0.1, -0.05) is 11.8 Å². The van der Waals surface area contributed by atoms with Crippen LogP contribution in [0.4, 0.5) is 5.13 Å². The Morgan fingerprint density at radius 2 is 2.12 bits per heavy atom. The molecule has 2 heterocycles. The second-order valence-electron chi connectivity index (χ2n) is 4.84. The lowest BCUT2D eigenvalue weighted by Gasteiger charge is -2.02. The minimum atomic E-state index is -0.248. The number of nitrogens with zero attached hydrogens (tertiary/aromatic N) is 2. The van der Waals surface area contributed by atoms with Crippen molar-refractivity contribution < 1.29 is 9.53 Å². The Labute approximate surface area is 151 Å². The first-order valence-electron chi connectivity index (χ1n) is 7.22. The van der Waals surface area contributed by atoms with Gasteiger partial charge in [0.05, 0.1) is 18.6 Å². The summed E-state index contributed by atoms with van der Waals surface area (Å²) in [5.74, 6) is 0.689. The van der Waals surface area contributed by atoms with Crippen LogP contribution in [0.2, 0.25) is 0 Å². The summed E-state index contributed by atoms with van der Waals surface area (Å²) in [6.07, 6.45) is 1.40. The summed E-state index contributed by atoms with van der Waals surface area (Å²) in [5.41, 5.74) is 1.48. The molecule has 0 aliphatic heterocycles. The molecular weight excluding hydrogens is 360 g/mol. The zero-order valence-electron chi connectivity index (χ0n) is 13.2. The van der Waals surface area contributed by atoms with Gasteiger partial charge in [-0.3, -0.25) is 9.59 Å². The van der Waals surface area contributed by atoms with Gasteiger partial charge in [-0.05, 0) is 24.3 Å². The zero-order valence-corrected chi connectivity index (χ0v) is 14.8. The highest BCUT2D eigenvalue weighted by atomic mass is 32.2. The molecule has 7 nitrogen and oxygen atoms in total. The van der Waals surface area contributed by atoms with E-state index in [0.717, 1.165) is 28.8 Å². The van der Waals surface area contributed by atoms with Gasteiger partial charge in [0.2, 0.25) is 5.91 Å². The number of rotatable bonds is 6. The highest BCUT2D eigenvalue weighted by Crippen LogP contribution is 2.26. The molecule has 0 radical (unpaired) electrons. The van der Waals surface area contributed by atoms with Crippen LogP contribution in [0, 0.1) is 0 Å². The second-order valence-corrected chi connectivity index (χ2v) is 6.66. The van der Waals surface area contributed by atoms with Crippen molar-refractivity contribution in [3.05, 3.63) is 52.3 Å². The van der Waals surface area contributed by atoms with E-state index in [4.69, 9.17) is 4.74 Å². The van der Waals surface area contributed by atoms with E-state index in [2.05, 4.69) is 20.3 Å². The average Bonchev–Trinajstić information content (AvgIpc) is 3.08. The van der Waals surface area contributed by atoms with Crippen LogP contribution in [-0.4, -0.2) is 33.7 Å². The quantitative estimate of drug-likeness (QED) is 0.509. The summed E-state index contributed by atoms with van der Waals surface area (Å²) in [4.78, 5) is 34.1. The molecular formula is C16H14N4O3S2. The smallest absolute Gasteiger partial charge is 0.251 e. The number of benzene rings is 1. The van der Waals surface area contributed by atoms with Crippen molar-refractivity contribution in [1.29, 1.82) is 0 Å². The number of thioether (sulfide) groups is 1. The van der Waals surface area contributed by atoms with Crippen molar-refractivity contribution in [2.45, 2.75) is 5.16 Å². The van der Waals surface area contributed by atoms with Crippen LogP contribution >= 0.6 is 23.1 Å². The Balaban J connectivity index is 1.58. The Bertz CT molecular complexity index is 921. The topological polar surface area (TPSA) is 97.0 Å². The van der Waals surface area contributed by atoms with Crippen LogP contribution in [0.5, 0.6) is 5.75 Å². The lowest BCUT2D eigenvalue weighted by molar-refractivity contribution is -0.113. The molecule has 0 atom stereocenters. The molecule has 0 bridgehead atoms. The fourth-order valence-corrected chi connectivity index (χ4v) is 3.32. The molecule has 9 heteroatoms. The van der Waals surface area contributed by atoms with E-state index in [1.165, 1.54) is 23.6 Å². The van der Waals surface area contributed by atoms with Crippen LogP contribution in [0.25, 0.3) is 11.3 Å². The van der Waals surface area contributed by atoms with E-state index in [-0.39, 0.29) is 17.2 Å². The molecule has 0 unspecified atom stereocenters. The third-order valence-electron chi connectivity index (χ3n) is 3.12. The number of ether oxygens (including phenoxy) is 1. The van der Waals surface area contributed by atoms with Gasteiger partial charge in [-0.25, -0.2) is 9.97 Å². The van der Waals surface area contributed by atoms with Gasteiger partial charge in [0.25, 0.3) is 5.56 Å². The Hall–Kier alpha value is -2.65. The van der Waals surface area contributed by atoms with Crippen molar-refractivity contribution in [1.82, 2.24) is 15.0 Å². The number of carbonyl (C=O) groups is 1. The summed E-state index contributed by atoms with van der Waals surface area (Å²) in [6, 6.07) is 8.86. The summed E-state index contributed by atoms with van der Waals surface area (Å²) < 4.78 is 5.13. The largest absolute Gasteiger partial charge is 0.497 e. The summed E-state index contributed by atoms with van der Waals surface area (Å²) >= 11 is 2.50. The van der Waals surface area contributed by atoms with Crippen molar-refractivity contribution in [2.24, 2.45) is 0 Å². The number of hydrogen-bond donors (Lipinski definition) is 2. The molecule has 25 heavy (non-hydrogen) atoms. The van der Waals surface area contributed by atoms with Gasteiger partial charge in [0.1, 0.15) is 5.75 Å². The lowest BCUT2D eigenvalue weighted by atomic mass is 10.2. The Morgan fingerprint density at radius 1 is 1.32 bits per heavy atom. The van der Waals surface area contributed by atoms with Gasteiger partial charge in [-0.15, -0.1) is 11.3 Å². The summed E-state index contributed by atoms with van der Waals surface area (Å²) in [7, 11) is 1.62. The molecule has 0 aliphatic rings. The SMILES string of the molecule is COc1ccc(-c2csc(NC(=O)CSc3nccc(=O)[nH]3)n2)cc1. The van der Waals surface area contributed by atoms with E-state index >= 15 is 0 Å². The molecule has 0 saturated heterocycles. The van der Waals surface area contributed by atoms with Gasteiger partial charge >= 0.3 is 0 Å². The molecule has 128 valence electrons. The number of hydrogen-bond acceptors (Lipinski definition) is 7. The fraction of sp³-hybridized carbons (Fsp3) is 0.125. The number of H-pyrrole nitrogens is 1. The number of nitrogens with one attached hydrogen (secondary N) is 2. The molecule has 2 N–H and O–H groups in total. The maximum atomic E-state index is 12.0. The highest BCUT2D eigenvalue weighted by Gasteiger charge is 2.09. The molecule has 1 amide bonds. The third kappa shape index (κ3) is 4.68. The van der Waals surface area contributed by atoms with Crippen molar-refractivity contribution in [2.75, 3.05) is 18.2 Å². The van der Waals surface area contributed by atoms with Crippen LogP contribution in [0.15, 0.2) is 51.9 Å². The van der Waals surface area contributed by atoms with E-state index < -0.39 is 0 Å². The predicted octanol–water partition coefficient (Wildman–Crippen LogP) is 2.63. The average molecular weight is 374 g/mol. The summed E-state index contributed by atoms with van der Waals surface area (Å²) in [6.45, 7) is 0. The third-order valence-corrected chi connectivity index (χ3v) is 4.77. The fourth-order valence-electron chi connectivity index (χ4n) is 1.94. The predicted molar refractivity (Wildman–Crippen MR) is 98.3 cm³/mol. The number of methoxy groups -OCH3 is 1. The molecule has 0 aliphatic carbocycles. The van der Waals surface area contributed by atoms with Crippen molar-refractivity contribution in [3.8, 4) is 17.0 Å². The van der Waals surface area contributed by atoms with Crippen LogP contribution in [0.3, 0.4) is 0 Å². The molecule has 0 spiro atoms. The zero-order chi connectivity index (χ0) is 17.6. The lowest BCUT2D eigenvalue weighted by Crippen LogP contribution is -2.15. The molecule has 0 saturated carbocycles. The minimum Gasteiger partial charge on any atom is -0.497 e. The molecule has 1 aromatic carbocycles. The first-order valence-corrected chi connectivity index (χ1v) is 9.08. The minimum absolute atomic E-state index is 0.129. The van der Waals surface area contributed by atoms with E-state index in [9.17, 15) is 9.59 Å². The first kappa shape index (κ1) is 17.2. The van der Waals surface area contributed by atoms with Gasteiger partial charge in [-0.2, -0.15) is 0 Å². The van der Waals surface area contributed by atoms with E-state index in [0.29, 0.717) is 10.3 Å². The first-order chi connectivity index (χ1) is 12.1. The normalized spacial score (nSPS) is 10.4. The standard InChI is InChI=1S/C16H14N4O3S2/c1-23-11-4-2-10(3-5-11)12-8-24-16(18-12)20-14(22)9-25-15-17-7-6-13(21)19-15/h2-8H,9H2,1H3,(H,17,19,21)(H,18,20,22). The van der Waals surface area contributed by atoms with Gasteiger partial charge < -0.3 is 15.0 Å². The summed E-state index contributed by atoms with van der Waals surface area (Å²) in [5, 5.41) is 5.54. The number of amides is 1. The molecule has 2 aromatic heterocycles. The Kier molecular flexibility index (Phi) is 5.46. The number of carbonyl (C=O) groups excluding carboxylic acids is 1. The molecule has 3 rings (SSSR count). The van der Waals surface area contributed by atoms with Crippen LogP contribution < -0.4 is 15.6 Å². The number of thiazole rings is 1. The number of aromatic nitrogens is 3. The van der Waals surface area contributed by atoms with E-state index in [1.54, 1.807) is 7.11 Å².